The number of hydrogen-bond donors (Lipinski definition) is 2. The van der Waals surface area contributed by atoms with Crippen molar-refractivity contribution in [1.82, 2.24) is 15.3 Å². The van der Waals surface area contributed by atoms with Crippen LogP contribution in [0.3, 0.4) is 0 Å². The number of carboxylic acids is 1. The zero-order valence-corrected chi connectivity index (χ0v) is 24.8. The number of piperidine rings is 1. The maximum absolute atomic E-state index is 13.4. The molecule has 5 rings (SSSR count). The number of thioether (sulfide) groups is 1. The first-order valence-corrected chi connectivity index (χ1v) is 15.4. The van der Waals surface area contributed by atoms with Crippen LogP contribution in [0.4, 0.5) is 23.4 Å². The van der Waals surface area contributed by atoms with Crippen LogP contribution in [0, 0.1) is 5.82 Å². The summed E-state index contributed by atoms with van der Waals surface area (Å²) in [7, 11) is 0. The van der Waals surface area contributed by atoms with Crippen molar-refractivity contribution in [1.29, 1.82) is 0 Å². The SMILES string of the molecule is O=C(N[C@@H](CSCc1ccccc1)C(=O)O)c1cc(N2CCC(c3ccc(F)cc3)CC2)nc(-c2ccc(C(F)(F)F)cc2)n1. The number of alkyl halides is 3. The highest BCUT2D eigenvalue weighted by Gasteiger charge is 2.30. The monoisotopic (exact) mass is 638 g/mol. The number of benzene rings is 3. The molecule has 1 fully saturated rings. The fourth-order valence-electron chi connectivity index (χ4n) is 5.10. The normalized spacial score (nSPS) is 14.6. The zero-order chi connectivity index (χ0) is 32.0. The molecule has 0 radical (unpaired) electrons. The molecule has 0 unspecified atom stereocenters. The Morgan fingerprint density at radius 1 is 0.956 bits per heavy atom. The van der Waals surface area contributed by atoms with E-state index in [4.69, 9.17) is 0 Å². The van der Waals surface area contributed by atoms with E-state index in [0.717, 1.165) is 36.1 Å². The number of aliphatic carboxylic acids is 1. The van der Waals surface area contributed by atoms with Gasteiger partial charge in [0.25, 0.3) is 5.91 Å². The van der Waals surface area contributed by atoms with Gasteiger partial charge in [-0.3, -0.25) is 4.79 Å². The van der Waals surface area contributed by atoms with Crippen molar-refractivity contribution in [2.45, 2.75) is 36.7 Å². The molecule has 4 aromatic rings. The zero-order valence-electron chi connectivity index (χ0n) is 24.0. The second kappa shape index (κ2) is 14.1. The van der Waals surface area contributed by atoms with Crippen molar-refractivity contribution >= 4 is 29.5 Å². The average molecular weight is 639 g/mol. The molecule has 1 saturated heterocycles. The predicted octanol–water partition coefficient (Wildman–Crippen LogP) is 6.80. The molecular formula is C33H30F4N4O3S. The number of rotatable bonds is 10. The molecule has 45 heavy (non-hydrogen) atoms. The standard InChI is InChI=1S/C33H30F4N4O3S/c34-26-12-8-22(9-13-26)23-14-16-41(17-15-23)29-18-27(38-30(40-29)24-6-10-25(11-7-24)33(35,36)37)31(42)39-28(32(43)44)20-45-19-21-4-2-1-3-5-21/h1-13,18,23,28H,14-17,19-20H2,(H,39,42)(H,43,44)/t28-/m0/s1. The minimum Gasteiger partial charge on any atom is -0.480 e. The van der Waals surface area contributed by atoms with Gasteiger partial charge < -0.3 is 15.3 Å². The third kappa shape index (κ3) is 8.39. The molecule has 1 aliphatic heterocycles. The van der Waals surface area contributed by atoms with E-state index in [0.29, 0.717) is 24.7 Å². The van der Waals surface area contributed by atoms with Gasteiger partial charge in [-0.05, 0) is 54.2 Å². The Bertz CT molecular complexity index is 1610. The Kier molecular flexibility index (Phi) is 10.0. The number of amides is 1. The molecule has 0 aliphatic carbocycles. The Morgan fingerprint density at radius 2 is 1.62 bits per heavy atom. The summed E-state index contributed by atoms with van der Waals surface area (Å²) in [5, 5.41) is 12.3. The lowest BCUT2D eigenvalue weighted by molar-refractivity contribution is -0.139. The van der Waals surface area contributed by atoms with Crippen molar-refractivity contribution < 1.29 is 32.3 Å². The van der Waals surface area contributed by atoms with Crippen LogP contribution in [0.25, 0.3) is 11.4 Å². The van der Waals surface area contributed by atoms with E-state index in [1.807, 2.05) is 35.2 Å². The van der Waals surface area contributed by atoms with Crippen molar-refractivity contribution in [2.75, 3.05) is 23.7 Å². The lowest BCUT2D eigenvalue weighted by Crippen LogP contribution is -2.43. The summed E-state index contributed by atoms with van der Waals surface area (Å²) in [6.07, 6.45) is -3.06. The van der Waals surface area contributed by atoms with Crippen molar-refractivity contribution in [2.24, 2.45) is 0 Å². The van der Waals surface area contributed by atoms with Crippen LogP contribution >= 0.6 is 11.8 Å². The molecule has 2 heterocycles. The van der Waals surface area contributed by atoms with Crippen molar-refractivity contribution in [3.8, 4) is 11.4 Å². The molecule has 234 valence electrons. The van der Waals surface area contributed by atoms with Gasteiger partial charge in [0.15, 0.2) is 5.82 Å². The fourth-order valence-corrected chi connectivity index (χ4v) is 6.11. The second-order valence-corrected chi connectivity index (χ2v) is 11.7. The molecule has 2 N–H and O–H groups in total. The number of nitrogens with zero attached hydrogens (tertiary/aromatic N) is 3. The van der Waals surface area contributed by atoms with Gasteiger partial charge in [0.1, 0.15) is 23.4 Å². The molecule has 1 amide bonds. The average Bonchev–Trinajstić information content (AvgIpc) is 3.04. The van der Waals surface area contributed by atoms with E-state index >= 15 is 0 Å². The molecule has 1 aromatic heterocycles. The largest absolute Gasteiger partial charge is 0.480 e. The Balaban J connectivity index is 1.37. The lowest BCUT2D eigenvalue weighted by Gasteiger charge is -2.33. The fraction of sp³-hybridized carbons (Fsp3) is 0.273. The molecular weight excluding hydrogens is 608 g/mol. The number of anilines is 1. The maximum Gasteiger partial charge on any atom is 0.416 e. The van der Waals surface area contributed by atoms with Crippen LogP contribution < -0.4 is 10.2 Å². The van der Waals surface area contributed by atoms with Gasteiger partial charge in [-0.15, -0.1) is 0 Å². The van der Waals surface area contributed by atoms with Crippen LogP contribution in [0.1, 0.15) is 45.9 Å². The Labute approximate surface area is 261 Å². The van der Waals surface area contributed by atoms with Gasteiger partial charge in [-0.1, -0.05) is 54.6 Å². The van der Waals surface area contributed by atoms with E-state index < -0.39 is 29.7 Å². The summed E-state index contributed by atoms with van der Waals surface area (Å²) in [5.41, 5.74) is 1.38. The highest BCUT2D eigenvalue weighted by molar-refractivity contribution is 7.98. The Hall–Kier alpha value is -4.45. The van der Waals surface area contributed by atoms with Gasteiger partial charge in [-0.2, -0.15) is 24.9 Å². The number of aromatic nitrogens is 2. The van der Waals surface area contributed by atoms with Crippen LogP contribution in [0.15, 0.2) is 84.9 Å². The predicted molar refractivity (Wildman–Crippen MR) is 165 cm³/mol. The molecule has 0 spiro atoms. The smallest absolute Gasteiger partial charge is 0.416 e. The minimum atomic E-state index is -4.52. The van der Waals surface area contributed by atoms with E-state index in [1.165, 1.54) is 42.1 Å². The number of hydrogen-bond acceptors (Lipinski definition) is 6. The van der Waals surface area contributed by atoms with Crippen molar-refractivity contribution in [3.63, 3.8) is 0 Å². The van der Waals surface area contributed by atoms with Gasteiger partial charge in [0.2, 0.25) is 0 Å². The van der Waals surface area contributed by atoms with E-state index in [2.05, 4.69) is 15.3 Å². The second-order valence-electron chi connectivity index (χ2n) is 10.7. The van der Waals surface area contributed by atoms with Crippen LogP contribution in [-0.4, -0.2) is 51.8 Å². The summed E-state index contributed by atoms with van der Waals surface area (Å²) < 4.78 is 53.0. The number of carboxylic acid groups (broad SMARTS) is 1. The summed E-state index contributed by atoms with van der Waals surface area (Å²) in [6, 6.07) is 20.5. The van der Waals surface area contributed by atoms with Crippen LogP contribution in [0.2, 0.25) is 0 Å². The lowest BCUT2D eigenvalue weighted by atomic mass is 9.89. The molecule has 3 aromatic carbocycles. The topological polar surface area (TPSA) is 95.4 Å². The van der Waals surface area contributed by atoms with E-state index in [9.17, 15) is 32.3 Å². The maximum atomic E-state index is 13.4. The van der Waals surface area contributed by atoms with Gasteiger partial charge in [0, 0.05) is 36.2 Å². The molecule has 1 aliphatic rings. The summed E-state index contributed by atoms with van der Waals surface area (Å²) >= 11 is 1.36. The van der Waals surface area contributed by atoms with Crippen LogP contribution in [-0.2, 0) is 16.7 Å². The van der Waals surface area contributed by atoms with Gasteiger partial charge in [-0.25, -0.2) is 19.2 Å². The number of carbonyl (C=O) groups excluding carboxylic acids is 1. The van der Waals surface area contributed by atoms with Gasteiger partial charge in [0.05, 0.1) is 5.56 Å². The van der Waals surface area contributed by atoms with E-state index in [-0.39, 0.29) is 34.6 Å². The Morgan fingerprint density at radius 3 is 2.24 bits per heavy atom. The quantitative estimate of drug-likeness (QED) is 0.185. The number of halogens is 4. The third-order valence-corrected chi connectivity index (χ3v) is 8.68. The molecule has 7 nitrogen and oxygen atoms in total. The summed E-state index contributed by atoms with van der Waals surface area (Å²) in [5.74, 6) is -0.944. The first-order chi connectivity index (χ1) is 21.6. The first kappa shape index (κ1) is 32.0. The van der Waals surface area contributed by atoms with E-state index in [1.54, 1.807) is 12.1 Å². The number of carbonyl (C=O) groups is 2. The van der Waals surface area contributed by atoms with Gasteiger partial charge >= 0.3 is 12.1 Å². The molecule has 12 heteroatoms. The van der Waals surface area contributed by atoms with Crippen LogP contribution in [0.5, 0.6) is 0 Å². The highest BCUT2D eigenvalue weighted by Crippen LogP contribution is 2.33. The molecule has 1 atom stereocenters. The summed E-state index contributed by atoms with van der Waals surface area (Å²) in [6.45, 7) is 1.11. The number of nitrogens with one attached hydrogen (secondary N) is 1. The summed E-state index contributed by atoms with van der Waals surface area (Å²) in [4.78, 5) is 36.3. The minimum absolute atomic E-state index is 0.0392. The third-order valence-electron chi connectivity index (χ3n) is 7.58. The molecule has 0 bridgehead atoms. The first-order valence-electron chi connectivity index (χ1n) is 14.3. The van der Waals surface area contributed by atoms with Crippen molar-refractivity contribution in [3.05, 3.63) is 113 Å². The molecule has 0 saturated carbocycles. The highest BCUT2D eigenvalue weighted by atomic mass is 32.2.